The van der Waals surface area contributed by atoms with E-state index in [-0.39, 0.29) is 15.7 Å². The third-order valence-electron chi connectivity index (χ3n) is 2.49. The summed E-state index contributed by atoms with van der Waals surface area (Å²) in [6, 6.07) is 7.02. The summed E-state index contributed by atoms with van der Waals surface area (Å²) in [4.78, 5) is 3.80. The molecule has 2 N–H and O–H groups in total. The summed E-state index contributed by atoms with van der Waals surface area (Å²) in [5.74, 6) is -0.761. The van der Waals surface area contributed by atoms with E-state index >= 15 is 0 Å². The topological polar surface area (TPSA) is 71.1 Å². The summed E-state index contributed by atoms with van der Waals surface area (Å²) in [5, 5.41) is 2.44. The van der Waals surface area contributed by atoms with E-state index in [0.717, 1.165) is 6.07 Å². The van der Waals surface area contributed by atoms with E-state index in [1.165, 1.54) is 18.3 Å². The van der Waals surface area contributed by atoms with Crippen molar-refractivity contribution in [2.24, 2.45) is 0 Å². The van der Waals surface area contributed by atoms with Crippen molar-refractivity contribution in [3.05, 3.63) is 47.4 Å². The maximum atomic E-state index is 13.6. The van der Waals surface area contributed by atoms with Crippen molar-refractivity contribution in [2.75, 3.05) is 17.1 Å². The first kappa shape index (κ1) is 14.5. The summed E-state index contributed by atoms with van der Waals surface area (Å²) < 4.78 is 40.2. The van der Waals surface area contributed by atoms with Gasteiger partial charge in [-0.2, -0.15) is 8.42 Å². The second-order valence-electron chi connectivity index (χ2n) is 3.81. The summed E-state index contributed by atoms with van der Waals surface area (Å²) in [6.45, 7) is 0. The van der Waals surface area contributed by atoms with Gasteiger partial charge in [0.1, 0.15) is 11.5 Å². The Hall–Kier alpha value is -1.86. The Morgan fingerprint density at radius 3 is 2.65 bits per heavy atom. The second-order valence-corrected chi connectivity index (χ2v) is 5.81. The SMILES string of the molecule is CNc1cccnc1S(=O)(=O)Nc1c(F)cccc1Cl. The molecule has 1 aromatic carbocycles. The fourth-order valence-corrected chi connectivity index (χ4v) is 3.07. The van der Waals surface area contributed by atoms with Crippen LogP contribution in [0.5, 0.6) is 0 Å². The average molecular weight is 316 g/mol. The first-order valence-corrected chi connectivity index (χ1v) is 7.41. The molecule has 0 bridgehead atoms. The molecule has 1 aromatic heterocycles. The zero-order valence-electron chi connectivity index (χ0n) is 10.4. The fourth-order valence-electron chi connectivity index (χ4n) is 1.57. The van der Waals surface area contributed by atoms with Gasteiger partial charge in [-0.05, 0) is 24.3 Å². The lowest BCUT2D eigenvalue weighted by Gasteiger charge is -2.12. The minimum atomic E-state index is -4.05. The van der Waals surface area contributed by atoms with Crippen LogP contribution in [0.15, 0.2) is 41.6 Å². The minimum Gasteiger partial charge on any atom is -0.386 e. The Bertz CT molecular complexity index is 717. The molecule has 0 radical (unpaired) electrons. The number of sulfonamides is 1. The quantitative estimate of drug-likeness (QED) is 0.910. The summed E-state index contributed by atoms with van der Waals surface area (Å²) >= 11 is 5.79. The van der Waals surface area contributed by atoms with Crippen LogP contribution in [0, 0.1) is 5.82 Å². The Morgan fingerprint density at radius 1 is 1.25 bits per heavy atom. The maximum Gasteiger partial charge on any atom is 0.281 e. The molecule has 0 aliphatic carbocycles. The molecular formula is C12H11ClFN3O2S. The van der Waals surface area contributed by atoms with Crippen LogP contribution < -0.4 is 10.0 Å². The van der Waals surface area contributed by atoms with Gasteiger partial charge in [-0.15, -0.1) is 0 Å². The number of para-hydroxylation sites is 1. The van der Waals surface area contributed by atoms with Gasteiger partial charge >= 0.3 is 0 Å². The maximum absolute atomic E-state index is 13.6. The zero-order valence-corrected chi connectivity index (χ0v) is 12.0. The van der Waals surface area contributed by atoms with E-state index in [9.17, 15) is 12.8 Å². The third kappa shape index (κ3) is 2.83. The number of nitrogens with zero attached hydrogens (tertiary/aromatic N) is 1. The molecule has 0 unspecified atom stereocenters. The smallest absolute Gasteiger partial charge is 0.281 e. The molecule has 0 aliphatic heterocycles. The van der Waals surface area contributed by atoms with E-state index in [1.807, 2.05) is 0 Å². The molecule has 0 amide bonds. The Kier molecular flexibility index (Phi) is 4.10. The van der Waals surface area contributed by atoms with Gasteiger partial charge in [0.2, 0.25) is 0 Å². The standard InChI is InChI=1S/C12H11ClFN3O2S/c1-15-10-6-3-7-16-12(10)20(18,19)17-11-8(13)4-2-5-9(11)14/h2-7,15,17H,1H3. The van der Waals surface area contributed by atoms with Crippen LogP contribution in [-0.2, 0) is 10.0 Å². The molecule has 0 aliphatic rings. The monoisotopic (exact) mass is 315 g/mol. The highest BCUT2D eigenvalue weighted by Gasteiger charge is 2.22. The lowest BCUT2D eigenvalue weighted by Crippen LogP contribution is -2.17. The van der Waals surface area contributed by atoms with Gasteiger partial charge in [-0.3, -0.25) is 4.72 Å². The number of aromatic nitrogens is 1. The average Bonchev–Trinajstić information content (AvgIpc) is 2.43. The second kappa shape index (κ2) is 5.64. The molecule has 0 saturated heterocycles. The van der Waals surface area contributed by atoms with E-state index in [2.05, 4.69) is 15.0 Å². The predicted octanol–water partition coefficient (Wildman–Crippen LogP) is 2.72. The number of nitrogens with one attached hydrogen (secondary N) is 2. The van der Waals surface area contributed by atoms with Gasteiger partial charge in [-0.25, -0.2) is 9.37 Å². The van der Waals surface area contributed by atoms with Crippen molar-refractivity contribution in [3.63, 3.8) is 0 Å². The largest absolute Gasteiger partial charge is 0.386 e. The van der Waals surface area contributed by atoms with E-state index in [1.54, 1.807) is 19.2 Å². The Morgan fingerprint density at radius 2 is 2.00 bits per heavy atom. The highest BCUT2D eigenvalue weighted by atomic mass is 35.5. The van der Waals surface area contributed by atoms with Crippen molar-refractivity contribution in [2.45, 2.75) is 5.03 Å². The van der Waals surface area contributed by atoms with Crippen LogP contribution in [0.25, 0.3) is 0 Å². The molecule has 8 heteroatoms. The molecular weight excluding hydrogens is 305 g/mol. The molecule has 106 valence electrons. The van der Waals surface area contributed by atoms with E-state index < -0.39 is 15.8 Å². The third-order valence-corrected chi connectivity index (χ3v) is 4.12. The highest BCUT2D eigenvalue weighted by molar-refractivity contribution is 7.92. The molecule has 5 nitrogen and oxygen atoms in total. The van der Waals surface area contributed by atoms with Crippen molar-refractivity contribution in [1.82, 2.24) is 4.98 Å². The fraction of sp³-hybridized carbons (Fsp3) is 0.0833. The van der Waals surface area contributed by atoms with Crippen molar-refractivity contribution >= 4 is 33.0 Å². The van der Waals surface area contributed by atoms with E-state index in [4.69, 9.17) is 11.6 Å². The number of hydrogen-bond acceptors (Lipinski definition) is 4. The van der Waals surface area contributed by atoms with Crippen LogP contribution in [0.4, 0.5) is 15.8 Å². The lowest BCUT2D eigenvalue weighted by molar-refractivity contribution is 0.595. The number of halogens is 2. The molecule has 2 aromatic rings. The number of benzene rings is 1. The van der Waals surface area contributed by atoms with Gasteiger partial charge in [0, 0.05) is 13.2 Å². The number of anilines is 2. The molecule has 0 atom stereocenters. The molecule has 0 spiro atoms. The summed E-state index contributed by atoms with van der Waals surface area (Å²) in [7, 11) is -2.49. The first-order valence-electron chi connectivity index (χ1n) is 5.55. The van der Waals surface area contributed by atoms with Crippen LogP contribution in [0.1, 0.15) is 0 Å². The van der Waals surface area contributed by atoms with Crippen LogP contribution in [0.3, 0.4) is 0 Å². The molecule has 0 saturated carbocycles. The Balaban J connectivity index is 2.47. The van der Waals surface area contributed by atoms with Crippen molar-refractivity contribution < 1.29 is 12.8 Å². The molecule has 1 heterocycles. The van der Waals surface area contributed by atoms with Gasteiger partial charge < -0.3 is 5.32 Å². The van der Waals surface area contributed by atoms with Gasteiger partial charge in [-0.1, -0.05) is 17.7 Å². The number of hydrogen-bond donors (Lipinski definition) is 2. The molecule has 20 heavy (non-hydrogen) atoms. The number of rotatable bonds is 4. The van der Waals surface area contributed by atoms with Gasteiger partial charge in [0.15, 0.2) is 5.03 Å². The van der Waals surface area contributed by atoms with Crippen molar-refractivity contribution in [1.29, 1.82) is 0 Å². The predicted molar refractivity (Wildman–Crippen MR) is 76.0 cm³/mol. The highest BCUT2D eigenvalue weighted by Crippen LogP contribution is 2.28. The zero-order chi connectivity index (χ0) is 14.8. The Labute approximate surface area is 120 Å². The van der Waals surface area contributed by atoms with Gasteiger partial charge in [0.05, 0.1) is 10.7 Å². The van der Waals surface area contributed by atoms with Crippen LogP contribution in [-0.4, -0.2) is 20.4 Å². The molecule has 2 rings (SSSR count). The van der Waals surface area contributed by atoms with Gasteiger partial charge in [0.25, 0.3) is 10.0 Å². The number of pyridine rings is 1. The normalized spacial score (nSPS) is 11.2. The summed E-state index contributed by atoms with van der Waals surface area (Å²) in [6.07, 6.45) is 1.33. The lowest BCUT2D eigenvalue weighted by atomic mass is 10.3. The first-order chi connectivity index (χ1) is 9.45. The molecule has 0 fully saturated rings. The summed E-state index contributed by atoms with van der Waals surface area (Å²) in [5.41, 5.74) is -0.00525. The van der Waals surface area contributed by atoms with Crippen molar-refractivity contribution in [3.8, 4) is 0 Å². The van der Waals surface area contributed by atoms with Crippen LogP contribution in [0.2, 0.25) is 5.02 Å². The van der Waals surface area contributed by atoms with Crippen LogP contribution >= 0.6 is 11.6 Å². The van der Waals surface area contributed by atoms with E-state index in [0.29, 0.717) is 5.69 Å². The minimum absolute atomic E-state index is 0.0319.